The Morgan fingerprint density at radius 1 is 1.25 bits per heavy atom. The van der Waals surface area contributed by atoms with Crippen molar-refractivity contribution in [2.45, 2.75) is 26.3 Å². The third kappa shape index (κ3) is 2.49. The third-order valence-electron chi connectivity index (χ3n) is 2.70. The van der Waals surface area contributed by atoms with Gasteiger partial charge in [-0.2, -0.15) is 0 Å². The molecule has 1 aromatic carbocycles. The average Bonchev–Trinajstić information content (AvgIpc) is 2.68. The monoisotopic (exact) mass is 232 g/mol. The van der Waals surface area contributed by atoms with Crippen LogP contribution in [0.5, 0.6) is 0 Å². The van der Waals surface area contributed by atoms with Crippen molar-refractivity contribution in [1.29, 1.82) is 0 Å². The van der Waals surface area contributed by atoms with Gasteiger partial charge < -0.3 is 5.73 Å². The second kappa shape index (κ2) is 4.76. The molecule has 3 heteroatoms. The zero-order valence-corrected chi connectivity index (χ0v) is 10.4. The summed E-state index contributed by atoms with van der Waals surface area (Å²) in [7, 11) is 0. The molecule has 1 aromatic heterocycles. The standard InChI is InChI=1S/C13H16N2S/c1-9-3-5-11(6-4-9)7-12(14)13-10(2)15-8-16-13/h3-6,8,12H,7,14H2,1-2H3. The number of aromatic nitrogens is 1. The van der Waals surface area contributed by atoms with E-state index in [0.717, 1.165) is 12.1 Å². The van der Waals surface area contributed by atoms with Gasteiger partial charge in [-0.1, -0.05) is 29.8 Å². The first-order valence-corrected chi connectivity index (χ1v) is 6.26. The smallest absolute Gasteiger partial charge is 0.0798 e. The first-order chi connectivity index (χ1) is 7.66. The van der Waals surface area contributed by atoms with E-state index in [1.807, 2.05) is 12.4 Å². The first-order valence-electron chi connectivity index (χ1n) is 5.38. The highest BCUT2D eigenvalue weighted by atomic mass is 32.1. The molecule has 1 atom stereocenters. The first kappa shape index (κ1) is 11.3. The highest BCUT2D eigenvalue weighted by Crippen LogP contribution is 2.23. The third-order valence-corrected chi connectivity index (χ3v) is 3.76. The molecule has 0 amide bonds. The lowest BCUT2D eigenvalue weighted by atomic mass is 10.0. The van der Waals surface area contributed by atoms with Gasteiger partial charge in [0.05, 0.1) is 11.2 Å². The molecule has 0 aliphatic heterocycles. The zero-order chi connectivity index (χ0) is 11.5. The quantitative estimate of drug-likeness (QED) is 0.883. The molecule has 16 heavy (non-hydrogen) atoms. The van der Waals surface area contributed by atoms with Crippen molar-refractivity contribution in [1.82, 2.24) is 4.98 Å². The van der Waals surface area contributed by atoms with Crippen LogP contribution >= 0.6 is 11.3 Å². The fourth-order valence-electron chi connectivity index (χ4n) is 1.74. The SMILES string of the molecule is Cc1ccc(CC(N)c2scnc2C)cc1. The minimum atomic E-state index is 0.0650. The molecule has 1 heterocycles. The maximum Gasteiger partial charge on any atom is 0.0798 e. The number of nitrogens with zero attached hydrogens (tertiary/aromatic N) is 1. The number of hydrogen-bond acceptors (Lipinski definition) is 3. The molecule has 2 aromatic rings. The number of thiazole rings is 1. The topological polar surface area (TPSA) is 38.9 Å². The molecule has 0 aliphatic rings. The molecule has 2 nitrogen and oxygen atoms in total. The predicted octanol–water partition coefficient (Wildman–Crippen LogP) is 3.00. The Hall–Kier alpha value is -1.19. The summed E-state index contributed by atoms with van der Waals surface area (Å²) in [4.78, 5) is 5.43. The lowest BCUT2D eigenvalue weighted by Gasteiger charge is -2.10. The maximum absolute atomic E-state index is 6.18. The Kier molecular flexibility index (Phi) is 3.36. The van der Waals surface area contributed by atoms with Crippen molar-refractivity contribution in [2.24, 2.45) is 5.73 Å². The van der Waals surface area contributed by atoms with Gasteiger partial charge in [0.2, 0.25) is 0 Å². The van der Waals surface area contributed by atoms with Gasteiger partial charge in [0.15, 0.2) is 0 Å². The molecule has 84 valence electrons. The summed E-state index contributed by atoms with van der Waals surface area (Å²) in [5.41, 5.74) is 11.7. The number of aryl methyl sites for hydroxylation is 2. The van der Waals surface area contributed by atoms with Crippen molar-refractivity contribution in [2.75, 3.05) is 0 Å². The van der Waals surface area contributed by atoms with E-state index in [4.69, 9.17) is 5.73 Å². The second-order valence-electron chi connectivity index (χ2n) is 4.10. The minimum Gasteiger partial charge on any atom is -0.323 e. The molecule has 0 fully saturated rings. The van der Waals surface area contributed by atoms with Gasteiger partial charge >= 0.3 is 0 Å². The number of nitrogens with two attached hydrogens (primary N) is 1. The van der Waals surface area contributed by atoms with Crippen LogP contribution in [0, 0.1) is 13.8 Å². The summed E-state index contributed by atoms with van der Waals surface area (Å²) in [5.74, 6) is 0. The lowest BCUT2D eigenvalue weighted by molar-refractivity contribution is 0.728. The lowest BCUT2D eigenvalue weighted by Crippen LogP contribution is -2.13. The molecule has 1 unspecified atom stereocenters. The average molecular weight is 232 g/mol. The molecular weight excluding hydrogens is 216 g/mol. The van der Waals surface area contributed by atoms with Crippen LogP contribution in [0.3, 0.4) is 0 Å². The van der Waals surface area contributed by atoms with Crippen molar-refractivity contribution < 1.29 is 0 Å². The molecule has 0 aliphatic carbocycles. The summed E-state index contributed by atoms with van der Waals surface area (Å²) >= 11 is 1.64. The number of rotatable bonds is 3. The van der Waals surface area contributed by atoms with Crippen LogP contribution in [0.2, 0.25) is 0 Å². The van der Waals surface area contributed by atoms with Gasteiger partial charge in [0, 0.05) is 10.9 Å². The molecule has 2 N–H and O–H groups in total. The van der Waals surface area contributed by atoms with Crippen LogP contribution in [0.25, 0.3) is 0 Å². The van der Waals surface area contributed by atoms with Crippen LogP contribution in [-0.2, 0) is 6.42 Å². The minimum absolute atomic E-state index is 0.0650. The van der Waals surface area contributed by atoms with Gasteiger partial charge in [0.1, 0.15) is 0 Å². The fraction of sp³-hybridized carbons (Fsp3) is 0.308. The Bertz CT molecular complexity index is 459. The molecule has 0 saturated heterocycles. The van der Waals surface area contributed by atoms with Crippen LogP contribution < -0.4 is 5.73 Å². The highest BCUT2D eigenvalue weighted by Gasteiger charge is 2.11. The Morgan fingerprint density at radius 3 is 2.50 bits per heavy atom. The van der Waals surface area contributed by atoms with Gasteiger partial charge in [-0.3, -0.25) is 0 Å². The van der Waals surface area contributed by atoms with E-state index in [-0.39, 0.29) is 6.04 Å². The zero-order valence-electron chi connectivity index (χ0n) is 9.60. The largest absolute Gasteiger partial charge is 0.323 e. The van der Waals surface area contributed by atoms with Crippen molar-refractivity contribution in [3.05, 3.63) is 51.5 Å². The summed E-state index contributed by atoms with van der Waals surface area (Å²) in [5, 5.41) is 0. The van der Waals surface area contributed by atoms with Gasteiger partial charge in [0.25, 0.3) is 0 Å². The molecular formula is C13H16N2S. The summed E-state index contributed by atoms with van der Waals surface area (Å²) in [6, 6.07) is 8.61. The molecule has 0 spiro atoms. The van der Waals surface area contributed by atoms with Gasteiger partial charge in [-0.25, -0.2) is 4.98 Å². The molecule has 0 radical (unpaired) electrons. The van der Waals surface area contributed by atoms with Gasteiger partial charge in [-0.15, -0.1) is 11.3 Å². The van der Waals surface area contributed by atoms with E-state index in [1.165, 1.54) is 16.0 Å². The van der Waals surface area contributed by atoms with Crippen LogP contribution in [0.1, 0.15) is 27.7 Å². The number of benzene rings is 1. The highest BCUT2D eigenvalue weighted by molar-refractivity contribution is 7.09. The Balaban J connectivity index is 2.10. The predicted molar refractivity (Wildman–Crippen MR) is 68.7 cm³/mol. The van der Waals surface area contributed by atoms with Crippen molar-refractivity contribution >= 4 is 11.3 Å². The van der Waals surface area contributed by atoms with E-state index >= 15 is 0 Å². The van der Waals surface area contributed by atoms with E-state index < -0.39 is 0 Å². The van der Waals surface area contributed by atoms with Crippen LogP contribution in [0.4, 0.5) is 0 Å². The normalized spacial score (nSPS) is 12.7. The number of hydrogen-bond donors (Lipinski definition) is 1. The van der Waals surface area contributed by atoms with Gasteiger partial charge in [-0.05, 0) is 25.8 Å². The molecule has 2 rings (SSSR count). The maximum atomic E-state index is 6.18. The molecule has 0 saturated carbocycles. The van der Waals surface area contributed by atoms with Crippen molar-refractivity contribution in [3.63, 3.8) is 0 Å². The van der Waals surface area contributed by atoms with Crippen molar-refractivity contribution in [3.8, 4) is 0 Å². The van der Waals surface area contributed by atoms with Crippen LogP contribution in [-0.4, -0.2) is 4.98 Å². The summed E-state index contributed by atoms with van der Waals surface area (Å²) in [6.45, 7) is 4.11. The Morgan fingerprint density at radius 2 is 1.94 bits per heavy atom. The van der Waals surface area contributed by atoms with Crippen LogP contribution in [0.15, 0.2) is 29.8 Å². The van der Waals surface area contributed by atoms with E-state index in [0.29, 0.717) is 0 Å². The summed E-state index contributed by atoms with van der Waals surface area (Å²) < 4.78 is 0. The summed E-state index contributed by atoms with van der Waals surface area (Å²) in [6.07, 6.45) is 0.878. The van der Waals surface area contributed by atoms with E-state index in [1.54, 1.807) is 11.3 Å². The fourth-order valence-corrected chi connectivity index (χ4v) is 2.54. The second-order valence-corrected chi connectivity index (χ2v) is 4.98. The Labute approximate surface area is 100 Å². The molecule has 0 bridgehead atoms. The van der Waals surface area contributed by atoms with E-state index in [9.17, 15) is 0 Å². The van der Waals surface area contributed by atoms with E-state index in [2.05, 4.69) is 36.2 Å².